The van der Waals surface area contributed by atoms with Crippen molar-refractivity contribution in [3.8, 4) is 0 Å². The molecule has 106 valence electrons. The van der Waals surface area contributed by atoms with Crippen LogP contribution in [-0.2, 0) is 10.0 Å². The second-order valence-corrected chi connectivity index (χ2v) is 6.86. The zero-order valence-corrected chi connectivity index (χ0v) is 11.9. The molecule has 0 saturated carbocycles. The number of nitrogens with zero attached hydrogens (tertiary/aromatic N) is 2. The van der Waals surface area contributed by atoms with Gasteiger partial charge in [0.2, 0.25) is 0 Å². The van der Waals surface area contributed by atoms with Crippen molar-refractivity contribution in [1.29, 1.82) is 0 Å². The van der Waals surface area contributed by atoms with E-state index in [4.69, 9.17) is 5.73 Å². The Bertz CT molecular complexity index is 769. The van der Waals surface area contributed by atoms with Gasteiger partial charge < -0.3 is 5.73 Å². The van der Waals surface area contributed by atoms with E-state index in [9.17, 15) is 18.5 Å². The van der Waals surface area contributed by atoms with Crippen LogP contribution in [0.3, 0.4) is 0 Å². The van der Waals surface area contributed by atoms with Crippen LogP contribution in [0.1, 0.15) is 5.56 Å². The number of pyridine rings is 1. The highest BCUT2D eigenvalue weighted by Crippen LogP contribution is 2.35. The molecule has 2 rings (SSSR count). The third-order valence-corrected chi connectivity index (χ3v) is 5.24. The van der Waals surface area contributed by atoms with Crippen LogP contribution >= 0.6 is 11.3 Å². The highest BCUT2D eigenvalue weighted by Gasteiger charge is 2.25. The fraction of sp³-hybridized carbons (Fsp3) is 0.100. The molecule has 0 unspecified atom stereocenters. The summed E-state index contributed by atoms with van der Waals surface area (Å²) in [6, 6.07) is 2.44. The minimum atomic E-state index is -3.91. The van der Waals surface area contributed by atoms with Crippen molar-refractivity contribution in [2.75, 3.05) is 10.5 Å². The fourth-order valence-electron chi connectivity index (χ4n) is 1.43. The number of anilines is 2. The van der Waals surface area contributed by atoms with Crippen LogP contribution < -0.4 is 10.5 Å². The lowest BCUT2D eigenvalue weighted by Gasteiger charge is -2.07. The normalized spacial score (nSPS) is 11.2. The molecule has 0 fully saturated rings. The van der Waals surface area contributed by atoms with Gasteiger partial charge in [0.25, 0.3) is 10.0 Å². The third-order valence-electron chi connectivity index (χ3n) is 2.44. The molecule has 2 heterocycles. The number of thiophene rings is 1. The first-order valence-electron chi connectivity index (χ1n) is 5.28. The predicted octanol–water partition coefficient (Wildman–Crippen LogP) is 1.74. The molecule has 8 nitrogen and oxygen atoms in total. The molecular formula is C10H10N4O4S2. The maximum atomic E-state index is 12.1. The van der Waals surface area contributed by atoms with E-state index in [0.29, 0.717) is 22.6 Å². The molecule has 0 aliphatic carbocycles. The summed E-state index contributed by atoms with van der Waals surface area (Å²) in [6.07, 6.45) is 2.94. The van der Waals surface area contributed by atoms with E-state index in [2.05, 4.69) is 9.71 Å². The lowest BCUT2D eigenvalue weighted by molar-refractivity contribution is -0.383. The average Bonchev–Trinajstić information content (AvgIpc) is 2.75. The van der Waals surface area contributed by atoms with Gasteiger partial charge in [0.05, 0.1) is 10.6 Å². The van der Waals surface area contributed by atoms with Gasteiger partial charge in [-0.15, -0.1) is 0 Å². The summed E-state index contributed by atoms with van der Waals surface area (Å²) in [5, 5.41) is 10.5. The topological polar surface area (TPSA) is 128 Å². The van der Waals surface area contributed by atoms with Crippen LogP contribution in [0.2, 0.25) is 0 Å². The number of nitrogens with one attached hydrogen (secondary N) is 1. The van der Waals surface area contributed by atoms with Crippen molar-refractivity contribution in [2.45, 2.75) is 11.1 Å². The van der Waals surface area contributed by atoms with Crippen molar-refractivity contribution in [1.82, 2.24) is 4.98 Å². The number of nitrogens with two attached hydrogens (primary N) is 1. The van der Waals surface area contributed by atoms with Crippen LogP contribution in [0.5, 0.6) is 0 Å². The second kappa shape index (κ2) is 5.06. The number of hydrogen-bond donors (Lipinski definition) is 2. The Kier molecular flexibility index (Phi) is 3.59. The maximum absolute atomic E-state index is 12.1. The first kappa shape index (κ1) is 14.2. The second-order valence-electron chi connectivity index (χ2n) is 3.87. The monoisotopic (exact) mass is 314 g/mol. The number of nitro groups is 1. The first-order chi connectivity index (χ1) is 9.31. The maximum Gasteiger partial charge on any atom is 0.304 e. The molecule has 0 radical (unpaired) electrons. The van der Waals surface area contributed by atoms with Crippen LogP contribution in [0.15, 0.2) is 28.7 Å². The molecule has 0 spiro atoms. The molecule has 2 aromatic heterocycles. The standard InChI is InChI=1S/C10H10N4O4S2/c1-6-5-12-3-2-7(6)13-20(17,18)9-4-8(14(15)16)10(11)19-9/h2-5H,11H2,1H3,(H,12,13). The summed E-state index contributed by atoms with van der Waals surface area (Å²) in [5.74, 6) is 0. The number of nitrogen functional groups attached to an aromatic ring is 1. The van der Waals surface area contributed by atoms with Crippen molar-refractivity contribution < 1.29 is 13.3 Å². The zero-order chi connectivity index (χ0) is 14.9. The minimum Gasteiger partial charge on any atom is -0.385 e. The number of hydrogen-bond acceptors (Lipinski definition) is 7. The largest absolute Gasteiger partial charge is 0.385 e. The van der Waals surface area contributed by atoms with Crippen molar-refractivity contribution in [3.05, 3.63) is 40.2 Å². The SMILES string of the molecule is Cc1cnccc1NS(=O)(=O)c1cc([N+](=O)[O-])c(N)s1. The summed E-state index contributed by atoms with van der Waals surface area (Å²) in [7, 11) is -3.91. The van der Waals surface area contributed by atoms with Crippen LogP contribution in [-0.4, -0.2) is 18.3 Å². The highest BCUT2D eigenvalue weighted by atomic mass is 32.2. The van der Waals surface area contributed by atoms with E-state index in [-0.39, 0.29) is 9.21 Å². The quantitative estimate of drug-likeness (QED) is 0.653. The average molecular weight is 314 g/mol. The van der Waals surface area contributed by atoms with Gasteiger partial charge in [0.1, 0.15) is 4.21 Å². The van der Waals surface area contributed by atoms with Gasteiger partial charge in [-0.25, -0.2) is 8.42 Å². The van der Waals surface area contributed by atoms with Gasteiger partial charge >= 0.3 is 5.69 Å². The molecule has 0 amide bonds. The van der Waals surface area contributed by atoms with Crippen molar-refractivity contribution in [2.24, 2.45) is 0 Å². The molecular weight excluding hydrogens is 304 g/mol. The lowest BCUT2D eigenvalue weighted by atomic mass is 10.3. The summed E-state index contributed by atoms with van der Waals surface area (Å²) in [4.78, 5) is 13.8. The minimum absolute atomic E-state index is 0.151. The fourth-order valence-corrected chi connectivity index (χ4v) is 3.78. The van der Waals surface area contributed by atoms with Crippen LogP contribution in [0.4, 0.5) is 16.4 Å². The Morgan fingerprint density at radius 1 is 1.50 bits per heavy atom. The summed E-state index contributed by atoms with van der Waals surface area (Å²) in [5.41, 5.74) is 6.01. The molecule has 0 aliphatic rings. The number of rotatable bonds is 4. The summed E-state index contributed by atoms with van der Waals surface area (Å²) >= 11 is 0.645. The molecule has 10 heteroatoms. The van der Waals surface area contributed by atoms with Gasteiger partial charge in [-0.2, -0.15) is 0 Å². The number of aryl methyl sites for hydroxylation is 1. The van der Waals surface area contributed by atoms with E-state index in [1.807, 2.05) is 0 Å². The Labute approximate surface area is 118 Å². The molecule has 0 saturated heterocycles. The zero-order valence-electron chi connectivity index (χ0n) is 10.2. The highest BCUT2D eigenvalue weighted by molar-refractivity contribution is 7.94. The molecule has 0 aliphatic heterocycles. The predicted molar refractivity (Wildman–Crippen MR) is 75.2 cm³/mol. The van der Waals surface area contributed by atoms with Gasteiger partial charge in [0, 0.05) is 18.5 Å². The van der Waals surface area contributed by atoms with Gasteiger partial charge in [-0.3, -0.25) is 19.8 Å². The van der Waals surface area contributed by atoms with E-state index in [1.54, 1.807) is 6.92 Å². The third kappa shape index (κ3) is 2.70. The summed E-state index contributed by atoms with van der Waals surface area (Å²) in [6.45, 7) is 1.69. The van der Waals surface area contributed by atoms with Gasteiger partial charge in [0.15, 0.2) is 5.00 Å². The van der Waals surface area contributed by atoms with E-state index < -0.39 is 20.6 Å². The Balaban J connectivity index is 2.39. The Morgan fingerprint density at radius 3 is 2.75 bits per heavy atom. The Hall–Kier alpha value is -2.20. The molecule has 3 N–H and O–H groups in total. The van der Waals surface area contributed by atoms with Gasteiger partial charge in [-0.05, 0) is 18.6 Å². The Morgan fingerprint density at radius 2 is 2.20 bits per heavy atom. The molecule has 0 bridgehead atoms. The number of sulfonamides is 1. The number of aromatic nitrogens is 1. The van der Waals surface area contributed by atoms with Gasteiger partial charge in [-0.1, -0.05) is 11.3 Å². The van der Waals surface area contributed by atoms with Crippen molar-refractivity contribution in [3.63, 3.8) is 0 Å². The lowest BCUT2D eigenvalue weighted by Crippen LogP contribution is -2.12. The van der Waals surface area contributed by atoms with Crippen molar-refractivity contribution >= 4 is 37.7 Å². The first-order valence-corrected chi connectivity index (χ1v) is 7.58. The van der Waals surface area contributed by atoms with E-state index in [0.717, 1.165) is 6.07 Å². The molecule has 20 heavy (non-hydrogen) atoms. The molecule has 2 aromatic rings. The smallest absolute Gasteiger partial charge is 0.304 e. The van der Waals surface area contributed by atoms with Crippen LogP contribution in [0, 0.1) is 17.0 Å². The molecule has 0 atom stereocenters. The van der Waals surface area contributed by atoms with Crippen LogP contribution in [0.25, 0.3) is 0 Å². The molecule has 0 aromatic carbocycles. The van der Waals surface area contributed by atoms with E-state index >= 15 is 0 Å². The summed E-state index contributed by atoms with van der Waals surface area (Å²) < 4.78 is 26.4. The van der Waals surface area contributed by atoms with E-state index in [1.165, 1.54) is 18.5 Å².